The summed E-state index contributed by atoms with van der Waals surface area (Å²) in [7, 11) is 1.43. The molecule has 0 atom stereocenters. The van der Waals surface area contributed by atoms with E-state index in [9.17, 15) is 13.6 Å². The number of benzene rings is 1. The van der Waals surface area contributed by atoms with E-state index in [-0.39, 0.29) is 11.3 Å². The molecule has 0 spiro atoms. The Hall–Kier alpha value is -2.05. The fourth-order valence-corrected chi connectivity index (χ4v) is 1.27. The van der Waals surface area contributed by atoms with E-state index < -0.39 is 12.1 Å². The van der Waals surface area contributed by atoms with E-state index in [0.29, 0.717) is 0 Å². The molecule has 0 radical (unpaired) electrons. The van der Waals surface area contributed by atoms with Gasteiger partial charge in [-0.25, -0.2) is 13.6 Å². The normalized spacial score (nSPS) is 11.0. The standard InChI is InChI=1S/C9H8F2N4O/c1-14-9(16)15(13-12-14)7-4-2-3-6(5-7)8(10)11/h2-5,8H,1H3. The molecule has 0 aliphatic carbocycles. The van der Waals surface area contributed by atoms with Crippen molar-refractivity contribution in [1.82, 2.24) is 19.8 Å². The summed E-state index contributed by atoms with van der Waals surface area (Å²) < 4.78 is 26.9. The lowest BCUT2D eigenvalue weighted by Gasteiger charge is -2.02. The number of alkyl halides is 2. The highest BCUT2D eigenvalue weighted by Gasteiger charge is 2.10. The zero-order valence-electron chi connectivity index (χ0n) is 8.34. The summed E-state index contributed by atoms with van der Waals surface area (Å²) in [6, 6.07) is 5.45. The van der Waals surface area contributed by atoms with Crippen molar-refractivity contribution in [3.8, 4) is 5.69 Å². The molecule has 0 amide bonds. The van der Waals surface area contributed by atoms with Crippen molar-refractivity contribution in [2.24, 2.45) is 7.05 Å². The van der Waals surface area contributed by atoms with E-state index >= 15 is 0 Å². The number of halogens is 2. The summed E-state index contributed by atoms with van der Waals surface area (Å²) in [6.45, 7) is 0. The van der Waals surface area contributed by atoms with E-state index in [4.69, 9.17) is 0 Å². The maximum atomic E-state index is 12.4. The molecule has 16 heavy (non-hydrogen) atoms. The van der Waals surface area contributed by atoms with E-state index in [2.05, 4.69) is 10.4 Å². The Morgan fingerprint density at radius 1 is 1.31 bits per heavy atom. The Labute approximate surface area is 88.9 Å². The monoisotopic (exact) mass is 226 g/mol. The Morgan fingerprint density at radius 3 is 2.62 bits per heavy atom. The third-order valence-corrected chi connectivity index (χ3v) is 2.09. The van der Waals surface area contributed by atoms with Gasteiger partial charge in [0.25, 0.3) is 6.43 Å². The summed E-state index contributed by atoms with van der Waals surface area (Å²) in [5.41, 5.74) is -0.364. The van der Waals surface area contributed by atoms with Crippen molar-refractivity contribution in [3.63, 3.8) is 0 Å². The van der Waals surface area contributed by atoms with Crippen molar-refractivity contribution in [1.29, 1.82) is 0 Å². The first kappa shape index (κ1) is 10.5. The number of hydrogen-bond donors (Lipinski definition) is 0. The Bertz CT molecular complexity index is 561. The number of aryl methyl sites for hydroxylation is 1. The van der Waals surface area contributed by atoms with Gasteiger partial charge in [0.2, 0.25) is 0 Å². The fraction of sp³-hybridized carbons (Fsp3) is 0.222. The van der Waals surface area contributed by atoms with Crippen LogP contribution in [0.5, 0.6) is 0 Å². The largest absolute Gasteiger partial charge is 0.368 e. The molecule has 1 heterocycles. The average molecular weight is 226 g/mol. The first-order chi connectivity index (χ1) is 7.59. The third kappa shape index (κ3) is 1.71. The van der Waals surface area contributed by atoms with Crippen molar-refractivity contribution in [3.05, 3.63) is 40.3 Å². The maximum absolute atomic E-state index is 12.4. The first-order valence-corrected chi connectivity index (χ1v) is 4.47. The summed E-state index contributed by atoms with van der Waals surface area (Å²) >= 11 is 0. The second-order valence-corrected chi connectivity index (χ2v) is 3.19. The quantitative estimate of drug-likeness (QED) is 0.764. The lowest BCUT2D eigenvalue weighted by Crippen LogP contribution is -2.21. The van der Waals surface area contributed by atoms with Gasteiger partial charge in [-0.05, 0) is 22.6 Å². The van der Waals surface area contributed by atoms with Crippen LogP contribution in [0.3, 0.4) is 0 Å². The molecule has 1 aromatic heterocycles. The second-order valence-electron chi connectivity index (χ2n) is 3.19. The minimum atomic E-state index is -2.58. The minimum Gasteiger partial charge on any atom is -0.244 e. The molecule has 0 saturated heterocycles. The molecular formula is C9H8F2N4O. The highest BCUT2D eigenvalue weighted by Crippen LogP contribution is 2.20. The number of nitrogens with zero attached hydrogens (tertiary/aromatic N) is 4. The smallest absolute Gasteiger partial charge is 0.244 e. The van der Waals surface area contributed by atoms with Crippen LogP contribution >= 0.6 is 0 Å². The average Bonchev–Trinajstić information content (AvgIpc) is 2.60. The van der Waals surface area contributed by atoms with Crippen LogP contribution in [-0.4, -0.2) is 19.8 Å². The van der Waals surface area contributed by atoms with Crippen LogP contribution in [0.1, 0.15) is 12.0 Å². The lowest BCUT2D eigenvalue weighted by atomic mass is 10.2. The lowest BCUT2D eigenvalue weighted by molar-refractivity contribution is 0.151. The Balaban J connectivity index is 2.53. The first-order valence-electron chi connectivity index (χ1n) is 4.47. The molecule has 0 fully saturated rings. The van der Waals surface area contributed by atoms with Crippen molar-refractivity contribution >= 4 is 0 Å². The van der Waals surface area contributed by atoms with Gasteiger partial charge in [0.05, 0.1) is 5.69 Å². The summed E-state index contributed by atoms with van der Waals surface area (Å²) in [5, 5.41) is 7.05. The summed E-state index contributed by atoms with van der Waals surface area (Å²) in [6.07, 6.45) is -2.58. The maximum Gasteiger partial charge on any atom is 0.368 e. The topological polar surface area (TPSA) is 52.7 Å². The highest BCUT2D eigenvalue weighted by molar-refractivity contribution is 5.34. The Morgan fingerprint density at radius 2 is 2.06 bits per heavy atom. The highest BCUT2D eigenvalue weighted by atomic mass is 19.3. The van der Waals surface area contributed by atoms with Gasteiger partial charge >= 0.3 is 5.69 Å². The molecule has 0 aliphatic rings. The molecule has 7 heteroatoms. The number of rotatable bonds is 2. The zero-order valence-corrected chi connectivity index (χ0v) is 8.34. The molecule has 84 valence electrons. The molecule has 0 bridgehead atoms. The van der Waals surface area contributed by atoms with Crippen LogP contribution in [0.2, 0.25) is 0 Å². The number of aromatic nitrogens is 4. The Kier molecular flexibility index (Phi) is 2.51. The molecule has 0 N–H and O–H groups in total. The zero-order chi connectivity index (χ0) is 11.7. The van der Waals surface area contributed by atoms with E-state index in [1.807, 2.05) is 0 Å². The molecule has 2 rings (SSSR count). The summed E-state index contributed by atoms with van der Waals surface area (Å²) in [4.78, 5) is 11.5. The van der Waals surface area contributed by atoms with Crippen molar-refractivity contribution < 1.29 is 8.78 Å². The van der Waals surface area contributed by atoms with E-state index in [0.717, 1.165) is 9.36 Å². The predicted molar refractivity (Wildman–Crippen MR) is 51.6 cm³/mol. The van der Waals surface area contributed by atoms with Gasteiger partial charge in [0.15, 0.2) is 0 Å². The van der Waals surface area contributed by atoms with Crippen LogP contribution in [0.4, 0.5) is 8.78 Å². The van der Waals surface area contributed by atoms with Crippen molar-refractivity contribution in [2.75, 3.05) is 0 Å². The van der Waals surface area contributed by atoms with E-state index in [1.165, 1.54) is 31.3 Å². The minimum absolute atomic E-state index is 0.157. The molecule has 5 nitrogen and oxygen atoms in total. The van der Waals surface area contributed by atoms with Gasteiger partial charge in [-0.15, -0.1) is 0 Å². The number of hydrogen-bond acceptors (Lipinski definition) is 3. The third-order valence-electron chi connectivity index (χ3n) is 2.09. The molecule has 1 aromatic carbocycles. The molecule has 2 aromatic rings. The molecule has 0 aliphatic heterocycles. The number of tetrazole rings is 1. The van der Waals surface area contributed by atoms with Crippen LogP contribution in [0, 0.1) is 0 Å². The van der Waals surface area contributed by atoms with Gasteiger partial charge in [0.1, 0.15) is 0 Å². The van der Waals surface area contributed by atoms with Crippen LogP contribution < -0.4 is 5.69 Å². The van der Waals surface area contributed by atoms with E-state index in [1.54, 1.807) is 0 Å². The SMILES string of the molecule is Cn1nnn(-c2cccc(C(F)F)c2)c1=O. The van der Waals surface area contributed by atoms with Crippen LogP contribution in [0.25, 0.3) is 5.69 Å². The van der Waals surface area contributed by atoms with Gasteiger partial charge < -0.3 is 0 Å². The second kappa shape index (κ2) is 3.84. The van der Waals surface area contributed by atoms with Gasteiger partial charge in [-0.1, -0.05) is 12.1 Å². The van der Waals surface area contributed by atoms with Gasteiger partial charge in [-0.2, -0.15) is 9.36 Å². The fourth-order valence-electron chi connectivity index (χ4n) is 1.27. The molecule has 0 saturated carbocycles. The van der Waals surface area contributed by atoms with Crippen LogP contribution in [-0.2, 0) is 7.05 Å². The van der Waals surface area contributed by atoms with Gasteiger partial charge in [0, 0.05) is 12.6 Å². The van der Waals surface area contributed by atoms with Crippen LogP contribution in [0.15, 0.2) is 29.1 Å². The summed E-state index contributed by atoms with van der Waals surface area (Å²) in [5.74, 6) is 0. The van der Waals surface area contributed by atoms with Gasteiger partial charge in [-0.3, -0.25) is 0 Å². The molecular weight excluding hydrogens is 218 g/mol. The molecule has 0 unspecified atom stereocenters. The van der Waals surface area contributed by atoms with Crippen molar-refractivity contribution in [2.45, 2.75) is 6.43 Å². The predicted octanol–water partition coefficient (Wildman–Crippen LogP) is 0.904.